The number of carbonyl (C=O) groups is 1. The summed E-state index contributed by atoms with van der Waals surface area (Å²) in [6, 6.07) is 7.39. The van der Waals surface area contributed by atoms with Crippen LogP contribution in [0.4, 0.5) is 4.79 Å². The van der Waals surface area contributed by atoms with Crippen LogP contribution in [0, 0.1) is 0 Å². The SMILES string of the molecule is CC(C)(C)c1ccc(OC(=O)[S])cc1. The highest BCUT2D eigenvalue weighted by Gasteiger charge is 2.13. The van der Waals surface area contributed by atoms with E-state index in [1.54, 1.807) is 12.1 Å². The largest absolute Gasteiger partial charge is 0.415 e. The molecule has 0 aliphatic rings. The Morgan fingerprint density at radius 3 is 2.07 bits per heavy atom. The smallest absolute Gasteiger partial charge is 0.405 e. The zero-order chi connectivity index (χ0) is 10.8. The summed E-state index contributed by atoms with van der Waals surface area (Å²) in [7, 11) is 0. The lowest BCUT2D eigenvalue weighted by Crippen LogP contribution is -2.10. The van der Waals surface area contributed by atoms with E-state index in [0.29, 0.717) is 5.75 Å². The Bertz CT molecular complexity index is 322. The first kappa shape index (κ1) is 11.0. The van der Waals surface area contributed by atoms with E-state index in [2.05, 4.69) is 33.4 Å². The molecular formula is C11H13O2S. The molecule has 1 radical (unpaired) electrons. The van der Waals surface area contributed by atoms with Crippen LogP contribution in [0.25, 0.3) is 0 Å². The fourth-order valence-corrected chi connectivity index (χ4v) is 1.22. The Morgan fingerprint density at radius 1 is 1.21 bits per heavy atom. The van der Waals surface area contributed by atoms with E-state index in [9.17, 15) is 4.79 Å². The molecule has 1 aromatic carbocycles. The lowest BCUT2D eigenvalue weighted by Gasteiger charge is -2.18. The van der Waals surface area contributed by atoms with Gasteiger partial charge in [0.15, 0.2) is 0 Å². The predicted octanol–water partition coefficient (Wildman–Crippen LogP) is 3.68. The summed E-state index contributed by atoms with van der Waals surface area (Å²) >= 11 is 4.31. The van der Waals surface area contributed by atoms with Crippen molar-refractivity contribution in [1.82, 2.24) is 0 Å². The van der Waals surface area contributed by atoms with Gasteiger partial charge < -0.3 is 4.74 Å². The fourth-order valence-electron chi connectivity index (χ4n) is 1.12. The molecule has 0 atom stereocenters. The molecule has 0 heterocycles. The van der Waals surface area contributed by atoms with Crippen LogP contribution < -0.4 is 4.74 Å². The maximum atomic E-state index is 10.5. The summed E-state index contributed by atoms with van der Waals surface area (Å²) in [5.41, 5.74) is 1.30. The lowest BCUT2D eigenvalue weighted by atomic mass is 9.87. The molecule has 0 unspecified atom stereocenters. The van der Waals surface area contributed by atoms with Crippen LogP contribution >= 0.6 is 12.6 Å². The van der Waals surface area contributed by atoms with Gasteiger partial charge in [0, 0.05) is 12.6 Å². The van der Waals surface area contributed by atoms with Gasteiger partial charge in [0.25, 0.3) is 0 Å². The van der Waals surface area contributed by atoms with Gasteiger partial charge >= 0.3 is 5.30 Å². The van der Waals surface area contributed by atoms with E-state index < -0.39 is 5.30 Å². The average molecular weight is 209 g/mol. The number of hydrogen-bond donors (Lipinski definition) is 0. The molecule has 0 aromatic heterocycles. The van der Waals surface area contributed by atoms with Gasteiger partial charge in [0.2, 0.25) is 0 Å². The van der Waals surface area contributed by atoms with E-state index in [-0.39, 0.29) is 5.41 Å². The standard InChI is InChI=1S/C11H13O2S/c1-11(2,3)8-4-6-9(7-5-8)13-10(12)14/h4-7H,1-3H3. The monoisotopic (exact) mass is 209 g/mol. The second-order valence-electron chi connectivity index (χ2n) is 4.13. The highest BCUT2D eigenvalue weighted by Crippen LogP contribution is 2.24. The number of rotatable bonds is 1. The molecule has 0 amide bonds. The van der Waals surface area contributed by atoms with Gasteiger partial charge in [0.1, 0.15) is 5.75 Å². The Morgan fingerprint density at radius 2 is 1.71 bits per heavy atom. The number of benzene rings is 1. The molecule has 0 N–H and O–H groups in total. The lowest BCUT2D eigenvalue weighted by molar-refractivity contribution is 0.227. The van der Waals surface area contributed by atoms with Gasteiger partial charge in [-0.2, -0.15) is 0 Å². The topological polar surface area (TPSA) is 26.3 Å². The molecule has 0 saturated heterocycles. The fraction of sp³-hybridized carbons (Fsp3) is 0.364. The van der Waals surface area contributed by atoms with Crippen molar-refractivity contribution in [2.45, 2.75) is 26.2 Å². The summed E-state index contributed by atoms with van der Waals surface area (Å²) in [4.78, 5) is 10.5. The van der Waals surface area contributed by atoms with E-state index in [1.165, 1.54) is 5.56 Å². The quantitative estimate of drug-likeness (QED) is 0.659. The van der Waals surface area contributed by atoms with Crippen molar-refractivity contribution in [2.24, 2.45) is 0 Å². The first-order valence-corrected chi connectivity index (χ1v) is 4.80. The molecule has 1 rings (SSSR count). The average Bonchev–Trinajstić information content (AvgIpc) is 2.02. The van der Waals surface area contributed by atoms with Gasteiger partial charge in [-0.3, -0.25) is 0 Å². The first-order chi connectivity index (χ1) is 6.39. The van der Waals surface area contributed by atoms with Crippen molar-refractivity contribution < 1.29 is 9.53 Å². The second kappa shape index (κ2) is 3.96. The highest BCUT2D eigenvalue weighted by molar-refractivity contribution is 7.96. The highest BCUT2D eigenvalue weighted by atomic mass is 32.1. The maximum Gasteiger partial charge on any atom is 0.405 e. The Kier molecular flexibility index (Phi) is 3.11. The van der Waals surface area contributed by atoms with Crippen molar-refractivity contribution in [1.29, 1.82) is 0 Å². The van der Waals surface area contributed by atoms with Gasteiger partial charge in [-0.25, -0.2) is 4.79 Å². The summed E-state index contributed by atoms with van der Waals surface area (Å²) in [5.74, 6) is 0.498. The maximum absolute atomic E-state index is 10.5. The van der Waals surface area contributed by atoms with Crippen LogP contribution in [-0.2, 0) is 5.41 Å². The third kappa shape index (κ3) is 3.00. The predicted molar refractivity (Wildman–Crippen MR) is 58.8 cm³/mol. The molecule has 14 heavy (non-hydrogen) atoms. The van der Waals surface area contributed by atoms with Crippen molar-refractivity contribution in [3.63, 3.8) is 0 Å². The molecule has 0 aliphatic carbocycles. The van der Waals surface area contributed by atoms with Crippen molar-refractivity contribution >= 4 is 17.9 Å². The van der Waals surface area contributed by atoms with Gasteiger partial charge in [-0.1, -0.05) is 32.9 Å². The van der Waals surface area contributed by atoms with E-state index in [0.717, 1.165) is 0 Å². The number of hydrogen-bond acceptors (Lipinski definition) is 2. The van der Waals surface area contributed by atoms with Crippen LogP contribution in [0.1, 0.15) is 26.3 Å². The van der Waals surface area contributed by atoms with Crippen LogP contribution in [0.5, 0.6) is 5.75 Å². The normalized spacial score (nSPS) is 11.1. The molecule has 0 saturated carbocycles. The van der Waals surface area contributed by atoms with Gasteiger partial charge in [-0.15, -0.1) is 0 Å². The number of carbonyl (C=O) groups excluding carboxylic acids is 1. The zero-order valence-corrected chi connectivity index (χ0v) is 9.35. The van der Waals surface area contributed by atoms with Gasteiger partial charge in [-0.05, 0) is 23.1 Å². The minimum absolute atomic E-state index is 0.108. The number of ether oxygens (including phenoxy) is 1. The van der Waals surface area contributed by atoms with Gasteiger partial charge in [0.05, 0.1) is 0 Å². The molecule has 0 spiro atoms. The molecule has 0 fully saturated rings. The first-order valence-electron chi connectivity index (χ1n) is 4.39. The summed E-state index contributed by atoms with van der Waals surface area (Å²) in [6.45, 7) is 6.38. The minimum atomic E-state index is -0.700. The molecule has 2 nitrogen and oxygen atoms in total. The van der Waals surface area contributed by atoms with E-state index in [4.69, 9.17) is 4.74 Å². The molecule has 0 bridgehead atoms. The van der Waals surface area contributed by atoms with Crippen LogP contribution in [0.15, 0.2) is 24.3 Å². The minimum Gasteiger partial charge on any atom is -0.415 e. The molecule has 3 heteroatoms. The van der Waals surface area contributed by atoms with Crippen molar-refractivity contribution in [2.75, 3.05) is 0 Å². The molecule has 0 aliphatic heterocycles. The van der Waals surface area contributed by atoms with Crippen LogP contribution in [0.3, 0.4) is 0 Å². The van der Waals surface area contributed by atoms with Crippen LogP contribution in [-0.4, -0.2) is 5.30 Å². The summed E-state index contributed by atoms with van der Waals surface area (Å²) in [6.07, 6.45) is 0. The summed E-state index contributed by atoms with van der Waals surface area (Å²) in [5, 5.41) is -0.700. The molecule has 75 valence electrons. The third-order valence-corrected chi connectivity index (χ3v) is 2.00. The second-order valence-corrected chi connectivity index (χ2v) is 4.46. The van der Waals surface area contributed by atoms with E-state index >= 15 is 0 Å². The molecular weight excluding hydrogens is 196 g/mol. The Balaban J connectivity index is 2.84. The van der Waals surface area contributed by atoms with Crippen molar-refractivity contribution in [3.05, 3.63) is 29.8 Å². The molecule has 1 aromatic rings. The Labute approximate surface area is 89.7 Å². The zero-order valence-electron chi connectivity index (χ0n) is 8.53. The Hall–Kier alpha value is -1.09. The van der Waals surface area contributed by atoms with E-state index in [1.807, 2.05) is 12.1 Å². The van der Waals surface area contributed by atoms with Crippen molar-refractivity contribution in [3.8, 4) is 5.75 Å². The third-order valence-electron chi connectivity index (χ3n) is 1.92. The van der Waals surface area contributed by atoms with Crippen LogP contribution in [0.2, 0.25) is 0 Å². The summed E-state index contributed by atoms with van der Waals surface area (Å²) < 4.78 is 4.76.